The van der Waals surface area contributed by atoms with Crippen LogP contribution in [0.4, 0.5) is 0 Å². The van der Waals surface area contributed by atoms with Gasteiger partial charge in [0.05, 0.1) is 7.11 Å². The van der Waals surface area contributed by atoms with Crippen LogP contribution < -0.4 is 0 Å². The Hall–Kier alpha value is -1.03. The van der Waals surface area contributed by atoms with E-state index in [0.29, 0.717) is 6.42 Å². The Morgan fingerprint density at radius 3 is 2.67 bits per heavy atom. The largest absolute Gasteiger partial charge is 0.508 e. The first-order valence-electron chi connectivity index (χ1n) is 3.79. The normalized spacial score (nSPS) is 24.5. The Labute approximate surface area is 70.5 Å². The quantitative estimate of drug-likeness (QED) is 0.631. The average Bonchev–Trinajstić information content (AvgIpc) is 2.03. The van der Waals surface area contributed by atoms with Gasteiger partial charge in [0.1, 0.15) is 5.76 Å². The van der Waals surface area contributed by atoms with Gasteiger partial charge in [-0.1, -0.05) is 0 Å². The van der Waals surface area contributed by atoms with E-state index in [-0.39, 0.29) is 36.2 Å². The van der Waals surface area contributed by atoms with Crippen LogP contribution in [0.1, 0.15) is 12.8 Å². The lowest BCUT2D eigenvalue weighted by Crippen LogP contribution is -2.22. The third-order valence-corrected chi connectivity index (χ3v) is 1.93. The zero-order chi connectivity index (χ0) is 9.14. The smallest absolute Gasteiger partial charge is 0.201 e. The molecule has 0 aromatic carbocycles. The van der Waals surface area contributed by atoms with Crippen LogP contribution >= 0.6 is 0 Å². The van der Waals surface area contributed by atoms with Crippen LogP contribution in [0.15, 0.2) is 11.5 Å². The second-order valence-electron chi connectivity index (χ2n) is 2.86. The number of hydrogen-bond donors (Lipinski definition) is 2. The summed E-state index contributed by atoms with van der Waals surface area (Å²) in [5.74, 6) is -0.399. The van der Waals surface area contributed by atoms with Crippen molar-refractivity contribution in [3.63, 3.8) is 0 Å². The molecule has 1 atom stereocenters. The lowest BCUT2D eigenvalue weighted by Gasteiger charge is -2.20. The van der Waals surface area contributed by atoms with E-state index in [1.165, 1.54) is 7.11 Å². The highest BCUT2D eigenvalue weighted by molar-refractivity contribution is 5.94. The van der Waals surface area contributed by atoms with Crippen molar-refractivity contribution in [2.45, 2.75) is 12.8 Å². The van der Waals surface area contributed by atoms with Crippen LogP contribution in [0, 0.1) is 5.92 Å². The van der Waals surface area contributed by atoms with E-state index in [0.717, 1.165) is 0 Å². The summed E-state index contributed by atoms with van der Waals surface area (Å²) in [5, 5.41) is 18.0. The minimum atomic E-state index is -0.236. The monoisotopic (exact) mass is 172 g/mol. The molecule has 0 spiro atoms. The number of hydrogen-bond acceptors (Lipinski definition) is 4. The molecule has 0 aromatic heterocycles. The molecule has 0 aromatic rings. The predicted molar refractivity (Wildman–Crippen MR) is 41.5 cm³/mol. The summed E-state index contributed by atoms with van der Waals surface area (Å²) in [6, 6.07) is 0. The lowest BCUT2D eigenvalue weighted by molar-refractivity contribution is -0.121. The molecule has 0 fully saturated rings. The van der Waals surface area contributed by atoms with E-state index >= 15 is 0 Å². The Balaban J connectivity index is 2.79. The fourth-order valence-electron chi connectivity index (χ4n) is 1.31. The van der Waals surface area contributed by atoms with Crippen molar-refractivity contribution in [1.29, 1.82) is 0 Å². The van der Waals surface area contributed by atoms with Crippen molar-refractivity contribution < 1.29 is 19.7 Å². The summed E-state index contributed by atoms with van der Waals surface area (Å²) in [7, 11) is 1.35. The first-order valence-corrected chi connectivity index (χ1v) is 3.79. The molecular formula is C8H12O4. The maximum Gasteiger partial charge on any atom is 0.201 e. The molecule has 68 valence electrons. The van der Waals surface area contributed by atoms with Crippen molar-refractivity contribution in [2.24, 2.45) is 5.92 Å². The predicted octanol–water partition coefficient (Wildman–Crippen LogP) is 0.374. The number of allylic oxidation sites excluding steroid dienone is 2. The molecule has 0 saturated carbocycles. The molecule has 0 aliphatic heterocycles. The van der Waals surface area contributed by atoms with Gasteiger partial charge in [-0.25, -0.2) is 0 Å². The molecule has 1 rings (SSSR count). The maximum atomic E-state index is 11.2. The SMILES string of the molecule is COC1=C(O)C[C@@H](CO)CC1=O. The van der Waals surface area contributed by atoms with Gasteiger partial charge < -0.3 is 14.9 Å². The summed E-state index contributed by atoms with van der Waals surface area (Å²) in [4.78, 5) is 11.2. The standard InChI is InChI=1S/C8H12O4/c1-12-8-6(10)2-5(4-9)3-7(8)11/h5,9-10H,2-4H2,1H3/t5-/m1/s1. The molecule has 0 unspecified atom stereocenters. The molecular weight excluding hydrogens is 160 g/mol. The van der Waals surface area contributed by atoms with Crippen LogP contribution in [0.5, 0.6) is 0 Å². The number of rotatable bonds is 2. The van der Waals surface area contributed by atoms with Gasteiger partial charge in [-0.05, 0) is 5.92 Å². The summed E-state index contributed by atoms with van der Waals surface area (Å²) < 4.78 is 4.71. The Morgan fingerprint density at radius 1 is 1.58 bits per heavy atom. The molecule has 0 saturated heterocycles. The first-order chi connectivity index (χ1) is 5.69. The average molecular weight is 172 g/mol. The van der Waals surface area contributed by atoms with Gasteiger partial charge in [-0.2, -0.15) is 0 Å². The molecule has 12 heavy (non-hydrogen) atoms. The molecule has 2 N–H and O–H groups in total. The van der Waals surface area contributed by atoms with Crippen LogP contribution in [0.3, 0.4) is 0 Å². The van der Waals surface area contributed by atoms with E-state index in [9.17, 15) is 9.90 Å². The van der Waals surface area contributed by atoms with E-state index in [1.54, 1.807) is 0 Å². The molecule has 0 amide bonds. The highest BCUT2D eigenvalue weighted by Crippen LogP contribution is 2.25. The lowest BCUT2D eigenvalue weighted by atomic mass is 9.92. The fraction of sp³-hybridized carbons (Fsp3) is 0.625. The van der Waals surface area contributed by atoms with E-state index in [1.807, 2.05) is 0 Å². The topological polar surface area (TPSA) is 66.8 Å². The zero-order valence-corrected chi connectivity index (χ0v) is 6.91. The van der Waals surface area contributed by atoms with Gasteiger partial charge in [0.2, 0.25) is 5.78 Å². The third kappa shape index (κ3) is 1.58. The number of aliphatic hydroxyl groups is 2. The molecule has 0 bridgehead atoms. The number of Topliss-reactive ketones (excluding diaryl/α,β-unsaturated/α-hetero) is 1. The van der Waals surface area contributed by atoms with Gasteiger partial charge in [-0.3, -0.25) is 4.79 Å². The summed E-state index contributed by atoms with van der Waals surface area (Å²) in [6.45, 7) is -0.0766. The van der Waals surface area contributed by atoms with E-state index in [4.69, 9.17) is 9.84 Å². The third-order valence-electron chi connectivity index (χ3n) is 1.93. The number of carbonyl (C=O) groups is 1. The fourth-order valence-corrected chi connectivity index (χ4v) is 1.31. The molecule has 4 heteroatoms. The summed E-state index contributed by atoms with van der Waals surface area (Å²) in [6.07, 6.45) is 0.579. The van der Waals surface area contributed by atoms with E-state index < -0.39 is 0 Å². The van der Waals surface area contributed by atoms with Gasteiger partial charge in [0.15, 0.2) is 5.76 Å². The van der Waals surface area contributed by atoms with Gasteiger partial charge in [0, 0.05) is 19.4 Å². The number of ether oxygens (including phenoxy) is 1. The molecule has 0 radical (unpaired) electrons. The molecule has 0 heterocycles. The van der Waals surface area contributed by atoms with Crippen LogP contribution in [-0.4, -0.2) is 29.7 Å². The number of aliphatic hydroxyl groups excluding tert-OH is 2. The van der Waals surface area contributed by atoms with Crippen LogP contribution in [-0.2, 0) is 9.53 Å². The Kier molecular flexibility index (Phi) is 2.70. The van der Waals surface area contributed by atoms with Gasteiger partial charge in [-0.15, -0.1) is 0 Å². The summed E-state index contributed by atoms with van der Waals surface area (Å²) in [5.41, 5.74) is 0. The van der Waals surface area contributed by atoms with Gasteiger partial charge in [0.25, 0.3) is 0 Å². The van der Waals surface area contributed by atoms with E-state index in [2.05, 4.69) is 0 Å². The molecule has 1 aliphatic carbocycles. The number of ketones is 1. The number of methoxy groups -OCH3 is 1. The van der Waals surface area contributed by atoms with Crippen LogP contribution in [0.2, 0.25) is 0 Å². The molecule has 4 nitrogen and oxygen atoms in total. The number of carbonyl (C=O) groups excluding carboxylic acids is 1. The summed E-state index contributed by atoms with van der Waals surface area (Å²) >= 11 is 0. The minimum absolute atomic E-state index is 0.0414. The zero-order valence-electron chi connectivity index (χ0n) is 6.91. The first kappa shape index (κ1) is 9.06. The molecule has 1 aliphatic rings. The highest BCUT2D eigenvalue weighted by Gasteiger charge is 2.27. The Morgan fingerprint density at radius 2 is 2.25 bits per heavy atom. The van der Waals surface area contributed by atoms with Crippen molar-refractivity contribution in [3.8, 4) is 0 Å². The highest BCUT2D eigenvalue weighted by atomic mass is 16.5. The minimum Gasteiger partial charge on any atom is -0.508 e. The van der Waals surface area contributed by atoms with Gasteiger partial charge >= 0.3 is 0 Å². The van der Waals surface area contributed by atoms with Crippen molar-refractivity contribution in [3.05, 3.63) is 11.5 Å². The maximum absolute atomic E-state index is 11.2. The second kappa shape index (κ2) is 3.58. The van der Waals surface area contributed by atoms with Crippen LogP contribution in [0.25, 0.3) is 0 Å². The van der Waals surface area contributed by atoms with Crippen molar-refractivity contribution in [1.82, 2.24) is 0 Å². The Bertz CT molecular complexity index is 219. The van der Waals surface area contributed by atoms with Crippen molar-refractivity contribution in [2.75, 3.05) is 13.7 Å². The van der Waals surface area contributed by atoms with Crippen molar-refractivity contribution >= 4 is 5.78 Å². The second-order valence-corrected chi connectivity index (χ2v) is 2.86.